The number of methoxy groups -OCH3 is 1. The van der Waals surface area contributed by atoms with Crippen molar-refractivity contribution < 1.29 is 4.74 Å². The van der Waals surface area contributed by atoms with Crippen LogP contribution in [0.3, 0.4) is 0 Å². The number of hydrogen-bond acceptors (Lipinski definition) is 4. The van der Waals surface area contributed by atoms with Crippen LogP contribution in [-0.2, 0) is 13.1 Å². The van der Waals surface area contributed by atoms with E-state index in [0.717, 1.165) is 41.6 Å². The summed E-state index contributed by atoms with van der Waals surface area (Å²) in [5.41, 5.74) is 3.51. The second-order valence-electron chi connectivity index (χ2n) is 6.52. The predicted molar refractivity (Wildman–Crippen MR) is 104 cm³/mol. The number of hydrogen-bond donors (Lipinski definition) is 1. The molecule has 2 heterocycles. The van der Waals surface area contributed by atoms with Crippen LogP contribution in [0.2, 0.25) is 0 Å². The van der Waals surface area contributed by atoms with E-state index < -0.39 is 0 Å². The number of aromatic nitrogens is 2. The molecule has 0 aliphatic heterocycles. The summed E-state index contributed by atoms with van der Waals surface area (Å²) in [5.74, 6) is 1.53. The van der Waals surface area contributed by atoms with Crippen molar-refractivity contribution >= 4 is 11.3 Å². The molecule has 2 aromatic heterocycles. The Balaban J connectivity index is 1.66. The molecule has 4 nitrogen and oxygen atoms in total. The standard InChI is InChI=1S/C20H25N3OS/c1-15(2)11-21-12-18-5-4-10-23(18)13-17-14-25-20(22-17)16-6-8-19(24-3)9-7-16/h4-10,14-15,21H,11-13H2,1-3H3. The molecule has 0 bridgehead atoms. The summed E-state index contributed by atoms with van der Waals surface area (Å²) in [6.45, 7) is 7.17. The summed E-state index contributed by atoms with van der Waals surface area (Å²) in [6, 6.07) is 12.3. The highest BCUT2D eigenvalue weighted by molar-refractivity contribution is 7.13. The van der Waals surface area contributed by atoms with E-state index in [9.17, 15) is 0 Å². The molecular formula is C20H25N3OS. The lowest BCUT2D eigenvalue weighted by molar-refractivity contribution is 0.415. The van der Waals surface area contributed by atoms with Gasteiger partial charge in [-0.25, -0.2) is 4.98 Å². The molecule has 0 aliphatic rings. The van der Waals surface area contributed by atoms with Gasteiger partial charge >= 0.3 is 0 Å². The Morgan fingerprint density at radius 3 is 2.72 bits per heavy atom. The highest BCUT2D eigenvalue weighted by atomic mass is 32.1. The van der Waals surface area contributed by atoms with Gasteiger partial charge in [0.1, 0.15) is 10.8 Å². The molecule has 3 rings (SSSR count). The summed E-state index contributed by atoms with van der Waals surface area (Å²) in [5, 5.41) is 6.69. The van der Waals surface area contributed by atoms with Crippen LogP contribution in [0.1, 0.15) is 25.2 Å². The van der Waals surface area contributed by atoms with Crippen molar-refractivity contribution in [2.24, 2.45) is 5.92 Å². The van der Waals surface area contributed by atoms with E-state index >= 15 is 0 Å². The predicted octanol–water partition coefficient (Wildman–Crippen LogP) is 4.41. The Morgan fingerprint density at radius 2 is 2.00 bits per heavy atom. The van der Waals surface area contributed by atoms with E-state index in [2.05, 4.69) is 59.6 Å². The van der Waals surface area contributed by atoms with Crippen LogP contribution in [-0.4, -0.2) is 23.2 Å². The number of ether oxygens (including phenoxy) is 1. The molecule has 0 aliphatic carbocycles. The van der Waals surface area contributed by atoms with Gasteiger partial charge in [0.25, 0.3) is 0 Å². The molecule has 0 spiro atoms. The number of nitrogens with one attached hydrogen (secondary N) is 1. The van der Waals surface area contributed by atoms with E-state index in [1.54, 1.807) is 18.4 Å². The fourth-order valence-corrected chi connectivity index (χ4v) is 3.49. The van der Waals surface area contributed by atoms with E-state index in [1.165, 1.54) is 5.69 Å². The van der Waals surface area contributed by atoms with Crippen LogP contribution in [0.15, 0.2) is 48.0 Å². The third-order valence-electron chi connectivity index (χ3n) is 4.00. The molecule has 132 valence electrons. The van der Waals surface area contributed by atoms with E-state index in [1.807, 2.05) is 12.1 Å². The fourth-order valence-electron chi connectivity index (χ4n) is 2.67. The first-order valence-electron chi connectivity index (χ1n) is 8.59. The molecule has 0 unspecified atom stereocenters. The van der Waals surface area contributed by atoms with Gasteiger partial charge in [0.2, 0.25) is 0 Å². The minimum absolute atomic E-state index is 0.661. The van der Waals surface area contributed by atoms with Gasteiger partial charge in [-0.05, 0) is 48.9 Å². The van der Waals surface area contributed by atoms with Gasteiger partial charge in [0.05, 0.1) is 19.3 Å². The quantitative estimate of drug-likeness (QED) is 0.650. The van der Waals surface area contributed by atoms with E-state index in [-0.39, 0.29) is 0 Å². The van der Waals surface area contributed by atoms with Crippen molar-refractivity contribution in [3.8, 4) is 16.3 Å². The van der Waals surface area contributed by atoms with Crippen molar-refractivity contribution in [3.05, 3.63) is 59.4 Å². The minimum Gasteiger partial charge on any atom is -0.497 e. The van der Waals surface area contributed by atoms with Crippen LogP contribution in [0, 0.1) is 5.92 Å². The lowest BCUT2D eigenvalue weighted by atomic mass is 10.2. The van der Waals surface area contributed by atoms with E-state index in [4.69, 9.17) is 9.72 Å². The summed E-state index contributed by atoms with van der Waals surface area (Å²) in [4.78, 5) is 4.80. The summed E-state index contributed by atoms with van der Waals surface area (Å²) >= 11 is 1.68. The largest absolute Gasteiger partial charge is 0.497 e. The number of benzene rings is 1. The topological polar surface area (TPSA) is 39.1 Å². The first kappa shape index (κ1) is 17.7. The van der Waals surface area contributed by atoms with Crippen LogP contribution in [0.5, 0.6) is 5.75 Å². The number of thiazole rings is 1. The molecule has 0 amide bonds. The van der Waals surface area contributed by atoms with Crippen molar-refractivity contribution in [3.63, 3.8) is 0 Å². The molecule has 0 atom stereocenters. The molecule has 0 fully saturated rings. The van der Waals surface area contributed by atoms with Crippen LogP contribution >= 0.6 is 11.3 Å². The normalized spacial score (nSPS) is 11.2. The Hall–Kier alpha value is -2.11. The average Bonchev–Trinajstić information content (AvgIpc) is 3.25. The summed E-state index contributed by atoms with van der Waals surface area (Å²) in [7, 11) is 1.68. The van der Waals surface area contributed by atoms with Gasteiger partial charge in [-0.15, -0.1) is 11.3 Å². The van der Waals surface area contributed by atoms with Crippen molar-refractivity contribution in [2.75, 3.05) is 13.7 Å². The maximum Gasteiger partial charge on any atom is 0.123 e. The first-order valence-corrected chi connectivity index (χ1v) is 9.47. The monoisotopic (exact) mass is 355 g/mol. The molecule has 0 saturated carbocycles. The molecule has 1 aromatic carbocycles. The smallest absolute Gasteiger partial charge is 0.123 e. The maximum atomic E-state index is 5.21. The van der Waals surface area contributed by atoms with Gasteiger partial charge in [-0.2, -0.15) is 0 Å². The Bertz CT molecular complexity index is 789. The molecule has 0 saturated heterocycles. The Morgan fingerprint density at radius 1 is 1.20 bits per heavy atom. The number of rotatable bonds is 8. The molecule has 5 heteroatoms. The van der Waals surface area contributed by atoms with Crippen molar-refractivity contribution in [2.45, 2.75) is 26.9 Å². The maximum absolute atomic E-state index is 5.21. The lowest BCUT2D eigenvalue weighted by Gasteiger charge is -2.10. The first-order chi connectivity index (χ1) is 12.2. The summed E-state index contributed by atoms with van der Waals surface area (Å²) in [6.07, 6.45) is 2.12. The van der Waals surface area contributed by atoms with Gasteiger partial charge < -0.3 is 14.6 Å². The molecule has 0 radical (unpaired) electrons. The Labute approximate surface area is 153 Å². The Kier molecular flexibility index (Phi) is 5.89. The minimum atomic E-state index is 0.661. The zero-order valence-electron chi connectivity index (χ0n) is 15.0. The molecule has 1 N–H and O–H groups in total. The van der Waals surface area contributed by atoms with E-state index in [0.29, 0.717) is 5.92 Å². The molecular weight excluding hydrogens is 330 g/mol. The highest BCUT2D eigenvalue weighted by Crippen LogP contribution is 2.26. The number of nitrogens with zero attached hydrogens (tertiary/aromatic N) is 2. The summed E-state index contributed by atoms with van der Waals surface area (Å²) < 4.78 is 7.48. The zero-order valence-corrected chi connectivity index (χ0v) is 15.8. The highest BCUT2D eigenvalue weighted by Gasteiger charge is 2.08. The lowest BCUT2D eigenvalue weighted by Crippen LogP contribution is -2.20. The third-order valence-corrected chi connectivity index (χ3v) is 4.94. The van der Waals surface area contributed by atoms with Gasteiger partial charge in [0, 0.05) is 29.4 Å². The van der Waals surface area contributed by atoms with Gasteiger partial charge in [-0.1, -0.05) is 13.8 Å². The second-order valence-corrected chi connectivity index (χ2v) is 7.38. The van der Waals surface area contributed by atoms with Gasteiger partial charge in [0.15, 0.2) is 0 Å². The molecule has 25 heavy (non-hydrogen) atoms. The van der Waals surface area contributed by atoms with Crippen LogP contribution in [0.4, 0.5) is 0 Å². The van der Waals surface area contributed by atoms with Crippen LogP contribution < -0.4 is 10.1 Å². The zero-order chi connectivity index (χ0) is 17.6. The van der Waals surface area contributed by atoms with Gasteiger partial charge in [-0.3, -0.25) is 0 Å². The fraction of sp³-hybridized carbons (Fsp3) is 0.350. The van der Waals surface area contributed by atoms with Crippen molar-refractivity contribution in [1.82, 2.24) is 14.9 Å². The SMILES string of the molecule is COc1ccc(-c2nc(Cn3cccc3CNCC(C)C)cs2)cc1. The van der Waals surface area contributed by atoms with Crippen LogP contribution in [0.25, 0.3) is 10.6 Å². The average molecular weight is 356 g/mol. The second kappa shape index (κ2) is 8.32. The third kappa shape index (κ3) is 4.71. The molecule has 3 aromatic rings. The van der Waals surface area contributed by atoms with Crippen molar-refractivity contribution in [1.29, 1.82) is 0 Å².